The molecule has 0 spiro atoms. The van der Waals surface area contributed by atoms with E-state index in [0.29, 0.717) is 16.5 Å². The van der Waals surface area contributed by atoms with Crippen molar-refractivity contribution < 1.29 is 9.53 Å². The minimum absolute atomic E-state index is 0.0586. The number of methoxy groups -OCH3 is 1. The smallest absolute Gasteiger partial charge is 0.246 e. The van der Waals surface area contributed by atoms with Crippen LogP contribution in [0.15, 0.2) is 36.4 Å². The van der Waals surface area contributed by atoms with Gasteiger partial charge in [0.25, 0.3) is 0 Å². The third-order valence-electron chi connectivity index (χ3n) is 4.73. The molecule has 1 aliphatic rings. The molecule has 1 unspecified atom stereocenters. The van der Waals surface area contributed by atoms with Gasteiger partial charge < -0.3 is 15.0 Å². The summed E-state index contributed by atoms with van der Waals surface area (Å²) in [7, 11) is 1.57. The number of benzene rings is 2. The van der Waals surface area contributed by atoms with Crippen molar-refractivity contribution in [3.8, 4) is 5.75 Å². The van der Waals surface area contributed by atoms with Gasteiger partial charge in [-0.3, -0.25) is 4.79 Å². The predicted molar refractivity (Wildman–Crippen MR) is 103 cm³/mol. The number of fused-ring (bicyclic) bond motifs is 1. The van der Waals surface area contributed by atoms with Crippen molar-refractivity contribution >= 4 is 28.9 Å². The summed E-state index contributed by atoms with van der Waals surface area (Å²) in [6, 6.07) is 11.6. The second-order valence-electron chi connectivity index (χ2n) is 6.39. The van der Waals surface area contributed by atoms with Gasteiger partial charge in [0.05, 0.1) is 12.8 Å². The Morgan fingerprint density at radius 3 is 2.84 bits per heavy atom. The summed E-state index contributed by atoms with van der Waals surface area (Å²) in [6.07, 6.45) is 2.11. The first kappa shape index (κ1) is 17.6. The number of anilines is 2. The van der Waals surface area contributed by atoms with Gasteiger partial charge in [-0.1, -0.05) is 29.8 Å². The van der Waals surface area contributed by atoms with Crippen LogP contribution in [0.3, 0.4) is 0 Å². The number of amides is 1. The van der Waals surface area contributed by atoms with Gasteiger partial charge in [0.2, 0.25) is 5.91 Å². The van der Waals surface area contributed by atoms with Crippen molar-refractivity contribution in [2.45, 2.75) is 32.7 Å². The fourth-order valence-electron chi connectivity index (χ4n) is 3.27. The molecule has 0 aromatic heterocycles. The lowest BCUT2D eigenvalue weighted by atomic mass is 10.00. The van der Waals surface area contributed by atoms with Crippen LogP contribution in [0.4, 0.5) is 11.4 Å². The van der Waals surface area contributed by atoms with Crippen LogP contribution >= 0.6 is 11.6 Å². The van der Waals surface area contributed by atoms with Crippen molar-refractivity contribution in [1.29, 1.82) is 0 Å². The largest absolute Gasteiger partial charge is 0.495 e. The van der Waals surface area contributed by atoms with E-state index in [-0.39, 0.29) is 11.9 Å². The average Bonchev–Trinajstić information content (AvgIpc) is 2.63. The summed E-state index contributed by atoms with van der Waals surface area (Å²) in [6.45, 7) is 4.72. The highest BCUT2D eigenvalue weighted by atomic mass is 35.5. The quantitative estimate of drug-likeness (QED) is 0.878. The van der Waals surface area contributed by atoms with E-state index >= 15 is 0 Å². The first-order valence-corrected chi connectivity index (χ1v) is 8.88. The Kier molecular flexibility index (Phi) is 5.19. The van der Waals surface area contributed by atoms with Gasteiger partial charge in [0.1, 0.15) is 11.8 Å². The van der Waals surface area contributed by atoms with Gasteiger partial charge in [-0.05, 0) is 49.9 Å². The van der Waals surface area contributed by atoms with Gasteiger partial charge in [0.15, 0.2) is 0 Å². The van der Waals surface area contributed by atoms with Crippen LogP contribution in [0.5, 0.6) is 5.75 Å². The van der Waals surface area contributed by atoms with Crippen LogP contribution in [0, 0.1) is 6.92 Å². The molecule has 25 heavy (non-hydrogen) atoms. The molecule has 5 heteroatoms. The number of hydrogen-bond donors (Lipinski definition) is 1. The average molecular weight is 359 g/mol. The highest BCUT2D eigenvalue weighted by molar-refractivity contribution is 6.31. The Morgan fingerprint density at radius 2 is 2.08 bits per heavy atom. The van der Waals surface area contributed by atoms with E-state index in [1.807, 2.05) is 26.0 Å². The van der Waals surface area contributed by atoms with Crippen molar-refractivity contribution in [3.63, 3.8) is 0 Å². The number of carbonyl (C=O) groups excluding carboxylic acids is 1. The lowest BCUT2D eigenvalue weighted by Gasteiger charge is -2.35. The first-order chi connectivity index (χ1) is 12.0. The van der Waals surface area contributed by atoms with Crippen molar-refractivity contribution in [2.75, 3.05) is 23.9 Å². The number of nitrogens with one attached hydrogen (secondary N) is 1. The summed E-state index contributed by atoms with van der Waals surface area (Å²) in [4.78, 5) is 15.0. The normalized spacial score (nSPS) is 14.6. The van der Waals surface area contributed by atoms with E-state index in [0.717, 1.165) is 30.6 Å². The van der Waals surface area contributed by atoms with E-state index in [4.69, 9.17) is 16.3 Å². The second-order valence-corrected chi connectivity index (χ2v) is 6.80. The monoisotopic (exact) mass is 358 g/mol. The summed E-state index contributed by atoms with van der Waals surface area (Å²) in [5.74, 6) is 0.506. The van der Waals surface area contributed by atoms with Crippen LogP contribution in [0.2, 0.25) is 5.02 Å². The molecule has 0 aliphatic carbocycles. The van der Waals surface area contributed by atoms with Gasteiger partial charge in [-0.25, -0.2) is 0 Å². The molecule has 0 saturated carbocycles. The predicted octanol–water partition coefficient (Wildman–Crippen LogP) is 4.44. The van der Waals surface area contributed by atoms with E-state index in [2.05, 4.69) is 28.4 Å². The molecule has 1 amide bonds. The van der Waals surface area contributed by atoms with Gasteiger partial charge in [0, 0.05) is 23.3 Å². The zero-order chi connectivity index (χ0) is 18.0. The highest BCUT2D eigenvalue weighted by Crippen LogP contribution is 2.32. The molecule has 0 bridgehead atoms. The third kappa shape index (κ3) is 3.59. The standard InChI is InChI=1S/C20H23ClN2O2/c1-13-11-17(19(25-3)12-16(13)21)22-20(24)14(2)23-10-6-8-15-7-4-5-9-18(15)23/h4-5,7,9,11-12,14H,6,8,10H2,1-3H3,(H,22,24). The van der Waals surface area contributed by atoms with Crippen LogP contribution in [0.1, 0.15) is 24.5 Å². The molecular weight excluding hydrogens is 336 g/mol. The Labute approximate surface area is 153 Å². The molecule has 0 saturated heterocycles. The summed E-state index contributed by atoms with van der Waals surface area (Å²) in [5, 5.41) is 3.61. The SMILES string of the molecule is COc1cc(Cl)c(C)cc1NC(=O)C(C)N1CCCc2ccccc21. The zero-order valence-electron chi connectivity index (χ0n) is 14.8. The van der Waals surface area contributed by atoms with E-state index in [1.54, 1.807) is 13.2 Å². The maximum Gasteiger partial charge on any atom is 0.246 e. The van der Waals surface area contributed by atoms with Crippen LogP contribution in [-0.2, 0) is 11.2 Å². The fourth-order valence-corrected chi connectivity index (χ4v) is 3.43. The molecule has 3 rings (SSSR count). The molecular formula is C20H23ClN2O2. The minimum Gasteiger partial charge on any atom is -0.495 e. The van der Waals surface area contributed by atoms with Gasteiger partial charge >= 0.3 is 0 Å². The maximum atomic E-state index is 12.8. The molecule has 4 nitrogen and oxygen atoms in total. The second kappa shape index (κ2) is 7.36. The van der Waals surface area contributed by atoms with E-state index in [9.17, 15) is 4.79 Å². The number of para-hydroxylation sites is 1. The van der Waals surface area contributed by atoms with Gasteiger partial charge in [-0.2, -0.15) is 0 Å². The number of rotatable bonds is 4. The molecule has 2 aromatic carbocycles. The third-order valence-corrected chi connectivity index (χ3v) is 5.14. The van der Waals surface area contributed by atoms with E-state index < -0.39 is 0 Å². The van der Waals surface area contributed by atoms with Crippen LogP contribution in [0.25, 0.3) is 0 Å². The van der Waals surface area contributed by atoms with Gasteiger partial charge in [-0.15, -0.1) is 0 Å². The Balaban J connectivity index is 1.82. The molecule has 1 N–H and O–H groups in total. The molecule has 1 atom stereocenters. The Morgan fingerprint density at radius 1 is 1.32 bits per heavy atom. The summed E-state index contributed by atoms with van der Waals surface area (Å²) in [5.41, 5.74) is 3.99. The van der Waals surface area contributed by atoms with Crippen molar-refractivity contribution in [3.05, 3.63) is 52.5 Å². The van der Waals surface area contributed by atoms with Crippen molar-refractivity contribution in [1.82, 2.24) is 0 Å². The summed E-state index contributed by atoms with van der Waals surface area (Å²) < 4.78 is 5.35. The number of carbonyl (C=O) groups is 1. The maximum absolute atomic E-state index is 12.8. The molecule has 0 radical (unpaired) electrons. The zero-order valence-corrected chi connectivity index (χ0v) is 15.6. The van der Waals surface area contributed by atoms with Crippen LogP contribution in [-0.4, -0.2) is 25.6 Å². The van der Waals surface area contributed by atoms with E-state index in [1.165, 1.54) is 5.56 Å². The first-order valence-electron chi connectivity index (χ1n) is 8.51. The lowest BCUT2D eigenvalue weighted by Crippen LogP contribution is -2.44. The number of nitrogens with zero attached hydrogens (tertiary/aromatic N) is 1. The highest BCUT2D eigenvalue weighted by Gasteiger charge is 2.26. The Hall–Kier alpha value is -2.20. The molecule has 1 aliphatic heterocycles. The number of ether oxygens (including phenoxy) is 1. The molecule has 0 fully saturated rings. The summed E-state index contributed by atoms with van der Waals surface area (Å²) >= 11 is 6.14. The molecule has 2 aromatic rings. The molecule has 132 valence electrons. The Bertz CT molecular complexity index is 791. The fraction of sp³-hybridized carbons (Fsp3) is 0.350. The van der Waals surface area contributed by atoms with Crippen LogP contribution < -0.4 is 15.0 Å². The number of aryl methyl sites for hydroxylation is 2. The van der Waals surface area contributed by atoms with Crippen molar-refractivity contribution in [2.24, 2.45) is 0 Å². The number of hydrogen-bond acceptors (Lipinski definition) is 3. The lowest BCUT2D eigenvalue weighted by molar-refractivity contribution is -0.117. The topological polar surface area (TPSA) is 41.6 Å². The molecule has 1 heterocycles. The minimum atomic E-state index is -0.276. The number of halogens is 1.